The van der Waals surface area contributed by atoms with E-state index in [4.69, 9.17) is 11.6 Å². The summed E-state index contributed by atoms with van der Waals surface area (Å²) in [6.45, 7) is 4.59. The van der Waals surface area contributed by atoms with Crippen molar-refractivity contribution in [1.29, 1.82) is 0 Å². The quantitative estimate of drug-likeness (QED) is 0.815. The van der Waals surface area contributed by atoms with Gasteiger partial charge < -0.3 is 4.90 Å². The maximum atomic E-state index is 13.6. The number of carbonyl (C=O) groups is 1. The summed E-state index contributed by atoms with van der Waals surface area (Å²) < 4.78 is 1.90. The van der Waals surface area contributed by atoms with Crippen molar-refractivity contribution in [1.82, 2.24) is 19.6 Å². The Morgan fingerprint density at radius 2 is 2.22 bits per heavy atom. The van der Waals surface area contributed by atoms with Gasteiger partial charge in [-0.3, -0.25) is 14.4 Å². The van der Waals surface area contributed by atoms with E-state index >= 15 is 0 Å². The fourth-order valence-corrected chi connectivity index (χ4v) is 6.02. The first-order chi connectivity index (χ1) is 13.0. The molecule has 1 aromatic heterocycles. The number of hydrogen-bond donors (Lipinski definition) is 0. The maximum absolute atomic E-state index is 13.6. The molecule has 5 nitrogen and oxygen atoms in total. The van der Waals surface area contributed by atoms with Crippen LogP contribution in [0.25, 0.3) is 0 Å². The first kappa shape index (κ1) is 17.3. The van der Waals surface area contributed by atoms with Crippen molar-refractivity contribution in [3.8, 4) is 0 Å². The number of rotatable bonds is 3. The standard InChI is InChI=1S/C21H25ClN4O/c1-14-18(13-24(2)23-14)19-10-16-12-25(11-15-5-3-6-17(22)9-15)20(27)21(16)7-4-8-26(19)21/h3,5-6,9,13,16,19H,4,7-8,10-12H2,1-2H3/t16-,19-,21-/m0/s1. The second-order valence-corrected chi connectivity index (χ2v) is 8.77. The zero-order valence-corrected chi connectivity index (χ0v) is 16.6. The van der Waals surface area contributed by atoms with Crippen molar-refractivity contribution in [2.45, 2.75) is 44.3 Å². The number of carbonyl (C=O) groups excluding carboxylic acids is 1. The zero-order chi connectivity index (χ0) is 18.8. The highest BCUT2D eigenvalue weighted by molar-refractivity contribution is 6.30. The minimum atomic E-state index is -0.300. The number of likely N-dealkylation sites (tertiary alicyclic amines) is 1. The van der Waals surface area contributed by atoms with E-state index < -0.39 is 0 Å². The SMILES string of the molecule is Cc1nn(C)cc1[C@@H]1C[C@H]2CN(Cc3cccc(Cl)c3)C(=O)[C@]23CCCN13. The normalized spacial score (nSPS) is 30.2. The van der Waals surface area contributed by atoms with Gasteiger partial charge in [0.2, 0.25) is 5.91 Å². The molecule has 3 atom stereocenters. The van der Waals surface area contributed by atoms with Gasteiger partial charge in [0.25, 0.3) is 0 Å². The number of amides is 1. The molecule has 1 spiro atoms. The third-order valence-corrected chi connectivity index (χ3v) is 7.04. The highest BCUT2D eigenvalue weighted by Crippen LogP contribution is 2.56. The van der Waals surface area contributed by atoms with Crippen LogP contribution < -0.4 is 0 Å². The van der Waals surface area contributed by atoms with Gasteiger partial charge >= 0.3 is 0 Å². The van der Waals surface area contributed by atoms with Gasteiger partial charge in [-0.25, -0.2) is 0 Å². The molecule has 6 heteroatoms. The monoisotopic (exact) mass is 384 g/mol. The molecule has 3 aliphatic rings. The van der Waals surface area contributed by atoms with E-state index in [0.717, 1.165) is 48.6 Å². The Balaban J connectivity index is 1.44. The number of halogens is 1. The number of nitrogens with zero attached hydrogens (tertiary/aromatic N) is 4. The predicted octanol–water partition coefficient (Wildman–Crippen LogP) is 3.32. The van der Waals surface area contributed by atoms with Crippen LogP contribution in [-0.2, 0) is 18.4 Å². The Bertz CT molecular complexity index is 909. The average molecular weight is 385 g/mol. The van der Waals surface area contributed by atoms with Gasteiger partial charge in [-0.15, -0.1) is 0 Å². The molecule has 1 aromatic carbocycles. The van der Waals surface area contributed by atoms with Crippen LogP contribution in [0.5, 0.6) is 0 Å². The molecular weight excluding hydrogens is 360 g/mol. The van der Waals surface area contributed by atoms with Gasteiger partial charge in [0, 0.05) is 48.9 Å². The van der Waals surface area contributed by atoms with E-state index in [9.17, 15) is 4.79 Å². The smallest absolute Gasteiger partial charge is 0.243 e. The maximum Gasteiger partial charge on any atom is 0.243 e. The summed E-state index contributed by atoms with van der Waals surface area (Å²) in [7, 11) is 1.98. The molecule has 1 amide bonds. The largest absolute Gasteiger partial charge is 0.336 e. The van der Waals surface area contributed by atoms with E-state index in [1.807, 2.05) is 29.9 Å². The van der Waals surface area contributed by atoms with Gasteiger partial charge in [0.15, 0.2) is 0 Å². The Labute approximate surface area is 164 Å². The van der Waals surface area contributed by atoms with Crippen molar-refractivity contribution < 1.29 is 4.79 Å². The number of aromatic nitrogens is 2. The van der Waals surface area contributed by atoms with Crippen molar-refractivity contribution in [3.63, 3.8) is 0 Å². The van der Waals surface area contributed by atoms with Crippen LogP contribution in [0.1, 0.15) is 42.1 Å². The molecular formula is C21H25ClN4O. The molecule has 0 unspecified atom stereocenters. The van der Waals surface area contributed by atoms with Crippen LogP contribution in [0.15, 0.2) is 30.5 Å². The minimum Gasteiger partial charge on any atom is -0.336 e. The van der Waals surface area contributed by atoms with Crippen LogP contribution in [-0.4, -0.2) is 44.1 Å². The highest BCUT2D eigenvalue weighted by Gasteiger charge is 2.65. The van der Waals surface area contributed by atoms with E-state index in [0.29, 0.717) is 24.4 Å². The molecule has 27 heavy (non-hydrogen) atoms. The molecule has 142 valence electrons. The Morgan fingerprint density at radius 1 is 1.37 bits per heavy atom. The first-order valence-electron chi connectivity index (χ1n) is 9.80. The van der Waals surface area contributed by atoms with Gasteiger partial charge in [-0.1, -0.05) is 23.7 Å². The molecule has 0 saturated carbocycles. The fraction of sp³-hybridized carbons (Fsp3) is 0.524. The summed E-state index contributed by atoms with van der Waals surface area (Å²) in [5, 5.41) is 5.27. The Hall–Kier alpha value is -1.85. The zero-order valence-electron chi connectivity index (χ0n) is 15.9. The summed E-state index contributed by atoms with van der Waals surface area (Å²) in [5.41, 5.74) is 3.19. The van der Waals surface area contributed by atoms with Crippen molar-refractivity contribution in [2.75, 3.05) is 13.1 Å². The summed E-state index contributed by atoms with van der Waals surface area (Å²) >= 11 is 6.13. The predicted molar refractivity (Wildman–Crippen MR) is 104 cm³/mol. The first-order valence-corrected chi connectivity index (χ1v) is 10.2. The van der Waals surface area contributed by atoms with Gasteiger partial charge in [0.05, 0.1) is 5.69 Å². The molecule has 2 aromatic rings. The molecule has 3 saturated heterocycles. The van der Waals surface area contributed by atoms with Crippen molar-refractivity contribution >= 4 is 17.5 Å². The lowest BCUT2D eigenvalue weighted by molar-refractivity contribution is -0.137. The second-order valence-electron chi connectivity index (χ2n) is 8.33. The Kier molecular flexibility index (Phi) is 3.89. The van der Waals surface area contributed by atoms with E-state index in [1.165, 1.54) is 5.56 Å². The van der Waals surface area contributed by atoms with E-state index in [2.05, 4.69) is 34.1 Å². The minimum absolute atomic E-state index is 0.300. The van der Waals surface area contributed by atoms with Crippen molar-refractivity contribution in [3.05, 3.63) is 52.3 Å². The number of benzene rings is 1. The molecule has 5 rings (SSSR count). The molecule has 0 N–H and O–H groups in total. The molecule has 4 heterocycles. The van der Waals surface area contributed by atoms with E-state index in [1.54, 1.807) is 0 Å². The molecule has 3 aliphatic heterocycles. The molecule has 3 fully saturated rings. The van der Waals surface area contributed by atoms with E-state index in [-0.39, 0.29) is 5.54 Å². The average Bonchev–Trinajstić information content (AvgIpc) is 3.32. The van der Waals surface area contributed by atoms with Crippen LogP contribution >= 0.6 is 11.6 Å². The van der Waals surface area contributed by atoms with Gasteiger partial charge in [0.1, 0.15) is 5.54 Å². The molecule has 0 radical (unpaired) electrons. The third-order valence-electron chi connectivity index (χ3n) is 6.80. The van der Waals surface area contributed by atoms with Crippen LogP contribution in [0, 0.1) is 12.8 Å². The lowest BCUT2D eigenvalue weighted by atomic mass is 9.85. The topological polar surface area (TPSA) is 41.4 Å². The molecule has 0 bridgehead atoms. The second kappa shape index (κ2) is 6.08. The van der Waals surface area contributed by atoms with Gasteiger partial charge in [-0.2, -0.15) is 5.10 Å². The lowest BCUT2D eigenvalue weighted by Crippen LogP contribution is -2.49. The summed E-state index contributed by atoms with van der Waals surface area (Å²) in [4.78, 5) is 18.1. The third kappa shape index (κ3) is 2.48. The summed E-state index contributed by atoms with van der Waals surface area (Å²) in [6.07, 6.45) is 5.27. The van der Waals surface area contributed by atoms with Gasteiger partial charge in [-0.05, 0) is 50.4 Å². The molecule has 0 aliphatic carbocycles. The summed E-state index contributed by atoms with van der Waals surface area (Å²) in [6, 6.07) is 8.18. The number of aryl methyl sites for hydroxylation is 2. The van der Waals surface area contributed by atoms with Crippen LogP contribution in [0.2, 0.25) is 5.02 Å². The highest BCUT2D eigenvalue weighted by atomic mass is 35.5. The Morgan fingerprint density at radius 3 is 2.96 bits per heavy atom. The van der Waals surface area contributed by atoms with Crippen LogP contribution in [0.3, 0.4) is 0 Å². The van der Waals surface area contributed by atoms with Crippen molar-refractivity contribution in [2.24, 2.45) is 13.0 Å². The number of hydrogen-bond acceptors (Lipinski definition) is 3. The van der Waals surface area contributed by atoms with Crippen LogP contribution in [0.4, 0.5) is 0 Å². The summed E-state index contributed by atoms with van der Waals surface area (Å²) in [5.74, 6) is 0.713. The fourth-order valence-electron chi connectivity index (χ4n) is 5.81. The lowest BCUT2D eigenvalue weighted by Gasteiger charge is -2.33.